The summed E-state index contributed by atoms with van der Waals surface area (Å²) < 4.78 is 14.1. The van der Waals surface area contributed by atoms with Crippen LogP contribution in [0.25, 0.3) is 0 Å². The highest BCUT2D eigenvalue weighted by Gasteiger charge is 2.18. The van der Waals surface area contributed by atoms with Crippen LogP contribution < -0.4 is 10.6 Å². The molecule has 0 bridgehead atoms. The Morgan fingerprint density at radius 3 is 2.79 bits per heavy atom. The first kappa shape index (κ1) is 14.3. The van der Waals surface area contributed by atoms with Crippen LogP contribution in [0.15, 0.2) is 18.2 Å². The van der Waals surface area contributed by atoms with Gasteiger partial charge in [0.1, 0.15) is 5.82 Å². The molecular formula is C15H24FN3. The minimum Gasteiger partial charge on any atom is -0.370 e. The summed E-state index contributed by atoms with van der Waals surface area (Å²) in [5.41, 5.74) is 7.64. The zero-order valence-corrected chi connectivity index (χ0v) is 11.9. The van der Waals surface area contributed by atoms with Crippen molar-refractivity contribution in [3.8, 4) is 0 Å². The molecule has 2 rings (SSSR count). The van der Waals surface area contributed by atoms with Crippen LogP contribution >= 0.6 is 0 Å². The van der Waals surface area contributed by atoms with Crippen LogP contribution in [0.4, 0.5) is 10.1 Å². The highest BCUT2D eigenvalue weighted by Crippen LogP contribution is 2.25. The van der Waals surface area contributed by atoms with Gasteiger partial charge in [-0.3, -0.25) is 0 Å². The number of halogens is 1. The van der Waals surface area contributed by atoms with Crippen LogP contribution in [0, 0.1) is 5.82 Å². The fourth-order valence-corrected chi connectivity index (χ4v) is 2.66. The second-order valence-electron chi connectivity index (χ2n) is 5.56. The molecule has 0 spiro atoms. The molecule has 0 amide bonds. The molecule has 1 unspecified atom stereocenters. The minimum absolute atomic E-state index is 0.0229. The fourth-order valence-electron chi connectivity index (χ4n) is 2.66. The molecule has 1 fully saturated rings. The molecule has 4 heteroatoms. The van der Waals surface area contributed by atoms with Crippen molar-refractivity contribution in [2.24, 2.45) is 5.73 Å². The van der Waals surface area contributed by atoms with Gasteiger partial charge in [-0.15, -0.1) is 0 Å². The van der Waals surface area contributed by atoms with E-state index in [1.165, 1.54) is 6.07 Å². The topological polar surface area (TPSA) is 32.5 Å². The maximum absolute atomic E-state index is 14.1. The van der Waals surface area contributed by atoms with Gasteiger partial charge in [0, 0.05) is 36.9 Å². The molecule has 0 saturated carbocycles. The first-order valence-corrected chi connectivity index (χ1v) is 7.04. The van der Waals surface area contributed by atoms with Gasteiger partial charge in [-0.1, -0.05) is 6.07 Å². The molecule has 0 aliphatic carbocycles. The van der Waals surface area contributed by atoms with Crippen molar-refractivity contribution in [2.45, 2.75) is 25.8 Å². The lowest BCUT2D eigenvalue weighted by molar-refractivity contribution is 0.360. The number of benzene rings is 1. The Labute approximate surface area is 115 Å². The SMILES string of the molecule is CC(N)Cc1c(F)cccc1N1CCCN(C)CC1. The predicted molar refractivity (Wildman–Crippen MR) is 78.1 cm³/mol. The van der Waals surface area contributed by atoms with Crippen molar-refractivity contribution in [1.82, 2.24) is 4.90 Å². The molecule has 1 aliphatic heterocycles. The molecule has 1 aromatic carbocycles. The third-order valence-corrected chi connectivity index (χ3v) is 3.68. The van der Waals surface area contributed by atoms with E-state index >= 15 is 0 Å². The minimum atomic E-state index is -0.132. The Morgan fingerprint density at radius 2 is 2.05 bits per heavy atom. The van der Waals surface area contributed by atoms with Gasteiger partial charge >= 0.3 is 0 Å². The van der Waals surface area contributed by atoms with Crippen LogP contribution in [0.1, 0.15) is 18.9 Å². The third-order valence-electron chi connectivity index (χ3n) is 3.68. The summed E-state index contributed by atoms with van der Waals surface area (Å²) in [6, 6.07) is 5.33. The van der Waals surface area contributed by atoms with Crippen molar-refractivity contribution in [3.63, 3.8) is 0 Å². The maximum atomic E-state index is 14.1. The highest BCUT2D eigenvalue weighted by atomic mass is 19.1. The quantitative estimate of drug-likeness (QED) is 0.905. The zero-order valence-electron chi connectivity index (χ0n) is 11.9. The predicted octanol–water partition coefficient (Wildman–Crippen LogP) is 1.86. The van der Waals surface area contributed by atoms with Gasteiger partial charge in [0.25, 0.3) is 0 Å². The van der Waals surface area contributed by atoms with Crippen molar-refractivity contribution < 1.29 is 4.39 Å². The van der Waals surface area contributed by atoms with Gasteiger partial charge < -0.3 is 15.5 Å². The van der Waals surface area contributed by atoms with E-state index in [0.29, 0.717) is 6.42 Å². The van der Waals surface area contributed by atoms with E-state index in [1.807, 2.05) is 13.0 Å². The Balaban J connectivity index is 2.25. The van der Waals surface area contributed by atoms with Gasteiger partial charge in [0.2, 0.25) is 0 Å². The van der Waals surface area contributed by atoms with E-state index in [1.54, 1.807) is 6.07 Å². The number of rotatable bonds is 3. The largest absolute Gasteiger partial charge is 0.370 e. The Morgan fingerprint density at radius 1 is 1.26 bits per heavy atom. The number of likely N-dealkylation sites (N-methyl/N-ethyl adjacent to an activating group) is 1. The zero-order chi connectivity index (χ0) is 13.8. The molecular weight excluding hydrogens is 241 g/mol. The van der Waals surface area contributed by atoms with E-state index in [-0.39, 0.29) is 11.9 Å². The van der Waals surface area contributed by atoms with E-state index < -0.39 is 0 Å². The van der Waals surface area contributed by atoms with Crippen LogP contribution in [0.2, 0.25) is 0 Å². The number of hydrogen-bond acceptors (Lipinski definition) is 3. The summed E-state index contributed by atoms with van der Waals surface area (Å²) in [5, 5.41) is 0. The average molecular weight is 265 g/mol. The van der Waals surface area contributed by atoms with Crippen molar-refractivity contribution in [2.75, 3.05) is 38.1 Å². The standard InChI is InChI=1S/C15H24FN3/c1-12(17)11-13-14(16)5-3-6-15(13)19-8-4-7-18(2)9-10-19/h3,5-6,12H,4,7-11,17H2,1-2H3. The van der Waals surface area contributed by atoms with E-state index in [4.69, 9.17) is 5.73 Å². The van der Waals surface area contributed by atoms with Crippen LogP contribution in [0.3, 0.4) is 0 Å². The van der Waals surface area contributed by atoms with Crippen molar-refractivity contribution >= 4 is 5.69 Å². The number of hydrogen-bond donors (Lipinski definition) is 1. The lowest BCUT2D eigenvalue weighted by Crippen LogP contribution is -2.30. The molecule has 1 atom stereocenters. The molecule has 0 aromatic heterocycles. The Kier molecular flexibility index (Phi) is 4.77. The number of nitrogens with two attached hydrogens (primary N) is 1. The molecule has 19 heavy (non-hydrogen) atoms. The molecule has 1 aromatic rings. The van der Waals surface area contributed by atoms with Gasteiger partial charge in [0.15, 0.2) is 0 Å². The lowest BCUT2D eigenvalue weighted by atomic mass is 10.0. The number of nitrogens with zero attached hydrogens (tertiary/aromatic N) is 2. The smallest absolute Gasteiger partial charge is 0.128 e. The highest BCUT2D eigenvalue weighted by molar-refractivity contribution is 5.54. The van der Waals surface area contributed by atoms with Gasteiger partial charge in [-0.05, 0) is 45.5 Å². The summed E-state index contributed by atoms with van der Waals surface area (Å²) in [5.74, 6) is -0.132. The second-order valence-corrected chi connectivity index (χ2v) is 5.56. The summed E-state index contributed by atoms with van der Waals surface area (Å²) in [6.07, 6.45) is 1.71. The molecule has 1 heterocycles. The van der Waals surface area contributed by atoms with Crippen molar-refractivity contribution in [1.29, 1.82) is 0 Å². The molecule has 1 saturated heterocycles. The molecule has 2 N–H and O–H groups in total. The van der Waals surface area contributed by atoms with E-state index in [0.717, 1.165) is 43.9 Å². The lowest BCUT2D eigenvalue weighted by Gasteiger charge is -2.26. The van der Waals surface area contributed by atoms with Gasteiger partial charge in [0.05, 0.1) is 0 Å². The third kappa shape index (κ3) is 3.67. The maximum Gasteiger partial charge on any atom is 0.128 e. The van der Waals surface area contributed by atoms with E-state index in [2.05, 4.69) is 16.8 Å². The first-order valence-electron chi connectivity index (χ1n) is 7.04. The molecule has 0 radical (unpaired) electrons. The Bertz CT molecular complexity index is 420. The van der Waals surface area contributed by atoms with Crippen LogP contribution in [-0.2, 0) is 6.42 Å². The van der Waals surface area contributed by atoms with E-state index in [9.17, 15) is 4.39 Å². The fraction of sp³-hybridized carbons (Fsp3) is 0.600. The second kappa shape index (κ2) is 6.35. The number of anilines is 1. The average Bonchev–Trinajstić information content (AvgIpc) is 2.56. The molecule has 1 aliphatic rings. The summed E-state index contributed by atoms with van der Waals surface area (Å²) in [4.78, 5) is 4.62. The van der Waals surface area contributed by atoms with Crippen LogP contribution in [0.5, 0.6) is 0 Å². The molecule has 3 nitrogen and oxygen atoms in total. The van der Waals surface area contributed by atoms with Crippen molar-refractivity contribution in [3.05, 3.63) is 29.6 Å². The normalized spacial score (nSPS) is 19.3. The first-order chi connectivity index (χ1) is 9.08. The van der Waals surface area contributed by atoms with Gasteiger partial charge in [-0.25, -0.2) is 4.39 Å². The van der Waals surface area contributed by atoms with Gasteiger partial charge in [-0.2, -0.15) is 0 Å². The summed E-state index contributed by atoms with van der Waals surface area (Å²) in [7, 11) is 2.14. The Hall–Kier alpha value is -1.13. The summed E-state index contributed by atoms with van der Waals surface area (Å²) >= 11 is 0. The summed E-state index contributed by atoms with van der Waals surface area (Å²) in [6.45, 7) is 5.99. The molecule has 106 valence electrons. The monoisotopic (exact) mass is 265 g/mol. The van der Waals surface area contributed by atoms with Crippen LogP contribution in [-0.4, -0.2) is 44.2 Å².